The Morgan fingerprint density at radius 2 is 2.33 bits per heavy atom. The van der Waals surface area contributed by atoms with Gasteiger partial charge in [-0.3, -0.25) is 4.79 Å². The van der Waals surface area contributed by atoms with Crippen LogP contribution in [0.25, 0.3) is 6.08 Å². The summed E-state index contributed by atoms with van der Waals surface area (Å²) >= 11 is 0. The maximum absolute atomic E-state index is 11.9. The molecule has 1 fully saturated rings. The van der Waals surface area contributed by atoms with Gasteiger partial charge in [-0.15, -0.1) is 0 Å². The first-order valence-corrected chi connectivity index (χ1v) is 6.34. The van der Waals surface area contributed by atoms with Crippen molar-refractivity contribution in [1.29, 1.82) is 0 Å². The van der Waals surface area contributed by atoms with Crippen molar-refractivity contribution in [1.82, 2.24) is 5.32 Å². The van der Waals surface area contributed by atoms with E-state index in [1.54, 1.807) is 6.08 Å². The van der Waals surface area contributed by atoms with Gasteiger partial charge < -0.3 is 10.1 Å². The molecule has 18 heavy (non-hydrogen) atoms. The molecule has 0 saturated carbocycles. The molecule has 1 atom stereocenters. The fraction of sp³-hybridized carbons (Fsp3) is 0.400. The Bertz CT molecular complexity index is 422. The monoisotopic (exact) mass is 245 g/mol. The lowest BCUT2D eigenvalue weighted by atomic mass is 10.0. The molecular weight excluding hydrogens is 226 g/mol. The molecule has 1 saturated heterocycles. The molecule has 0 spiro atoms. The Morgan fingerprint density at radius 3 is 3.06 bits per heavy atom. The van der Waals surface area contributed by atoms with Gasteiger partial charge in [-0.2, -0.15) is 0 Å². The molecule has 0 aliphatic carbocycles. The first-order valence-electron chi connectivity index (χ1n) is 6.34. The van der Waals surface area contributed by atoms with Crippen molar-refractivity contribution in [3.63, 3.8) is 0 Å². The SMILES string of the molecule is C=Cc1ccccc1CC(=O)NCC1CCOC1. The van der Waals surface area contributed by atoms with Crippen LogP contribution in [0.1, 0.15) is 17.5 Å². The number of amides is 1. The zero-order valence-corrected chi connectivity index (χ0v) is 10.5. The van der Waals surface area contributed by atoms with Gasteiger partial charge in [0.15, 0.2) is 0 Å². The lowest BCUT2D eigenvalue weighted by molar-refractivity contribution is -0.120. The molecule has 1 heterocycles. The average Bonchev–Trinajstić information content (AvgIpc) is 2.90. The van der Waals surface area contributed by atoms with E-state index in [1.807, 2.05) is 24.3 Å². The summed E-state index contributed by atoms with van der Waals surface area (Å²) in [5, 5.41) is 2.97. The molecule has 1 aliphatic rings. The van der Waals surface area contributed by atoms with Crippen molar-refractivity contribution in [2.24, 2.45) is 5.92 Å². The molecule has 0 bridgehead atoms. The third-order valence-corrected chi connectivity index (χ3v) is 3.24. The lowest BCUT2D eigenvalue weighted by Crippen LogP contribution is -2.30. The highest BCUT2D eigenvalue weighted by Gasteiger charge is 2.16. The average molecular weight is 245 g/mol. The summed E-state index contributed by atoms with van der Waals surface area (Å²) in [4.78, 5) is 11.9. The predicted molar refractivity (Wildman–Crippen MR) is 72.2 cm³/mol. The number of benzene rings is 1. The second-order valence-corrected chi connectivity index (χ2v) is 4.61. The number of nitrogens with one attached hydrogen (secondary N) is 1. The van der Waals surface area contributed by atoms with Gasteiger partial charge in [0.25, 0.3) is 0 Å². The van der Waals surface area contributed by atoms with E-state index in [2.05, 4.69) is 11.9 Å². The van der Waals surface area contributed by atoms with Gasteiger partial charge in [0.2, 0.25) is 5.91 Å². The van der Waals surface area contributed by atoms with Crippen molar-refractivity contribution in [3.8, 4) is 0 Å². The van der Waals surface area contributed by atoms with Crippen LogP contribution in [0.5, 0.6) is 0 Å². The second-order valence-electron chi connectivity index (χ2n) is 4.61. The van der Waals surface area contributed by atoms with Gasteiger partial charge in [0.05, 0.1) is 13.0 Å². The summed E-state index contributed by atoms with van der Waals surface area (Å²) in [6.45, 7) is 6.06. The van der Waals surface area contributed by atoms with E-state index in [-0.39, 0.29) is 5.91 Å². The lowest BCUT2D eigenvalue weighted by Gasteiger charge is -2.10. The van der Waals surface area contributed by atoms with E-state index in [4.69, 9.17) is 4.74 Å². The van der Waals surface area contributed by atoms with Crippen molar-refractivity contribution in [3.05, 3.63) is 42.0 Å². The molecule has 1 aromatic rings. The third-order valence-electron chi connectivity index (χ3n) is 3.24. The Hall–Kier alpha value is -1.61. The minimum atomic E-state index is 0.0659. The maximum atomic E-state index is 11.9. The number of hydrogen-bond donors (Lipinski definition) is 1. The summed E-state index contributed by atoms with van der Waals surface area (Å²) in [6, 6.07) is 7.84. The van der Waals surface area contributed by atoms with Crippen molar-refractivity contribution in [2.75, 3.05) is 19.8 Å². The molecule has 1 amide bonds. The quantitative estimate of drug-likeness (QED) is 0.862. The van der Waals surface area contributed by atoms with Crippen LogP contribution >= 0.6 is 0 Å². The van der Waals surface area contributed by atoms with Crippen molar-refractivity contribution in [2.45, 2.75) is 12.8 Å². The highest BCUT2D eigenvalue weighted by atomic mass is 16.5. The van der Waals surface area contributed by atoms with Crippen LogP contribution in [0, 0.1) is 5.92 Å². The number of carbonyl (C=O) groups excluding carboxylic acids is 1. The minimum absolute atomic E-state index is 0.0659. The Morgan fingerprint density at radius 1 is 1.50 bits per heavy atom. The standard InChI is InChI=1S/C15H19NO2/c1-2-13-5-3-4-6-14(13)9-15(17)16-10-12-7-8-18-11-12/h2-6,12H,1,7-11H2,(H,16,17). The van der Waals surface area contributed by atoms with Gasteiger partial charge in [-0.25, -0.2) is 0 Å². The number of carbonyl (C=O) groups is 1. The minimum Gasteiger partial charge on any atom is -0.381 e. The van der Waals surface area contributed by atoms with E-state index in [0.29, 0.717) is 12.3 Å². The van der Waals surface area contributed by atoms with E-state index in [9.17, 15) is 4.79 Å². The summed E-state index contributed by atoms with van der Waals surface area (Å²) in [5.74, 6) is 0.541. The van der Waals surface area contributed by atoms with Gasteiger partial charge in [-0.1, -0.05) is 36.9 Å². The van der Waals surface area contributed by atoms with Crippen molar-refractivity contribution < 1.29 is 9.53 Å². The van der Waals surface area contributed by atoms with Crippen LogP contribution in [-0.4, -0.2) is 25.7 Å². The largest absolute Gasteiger partial charge is 0.381 e. The van der Waals surface area contributed by atoms with E-state index < -0.39 is 0 Å². The summed E-state index contributed by atoms with van der Waals surface area (Å²) in [5.41, 5.74) is 2.05. The van der Waals surface area contributed by atoms with Crippen molar-refractivity contribution >= 4 is 12.0 Å². The highest BCUT2D eigenvalue weighted by Crippen LogP contribution is 2.12. The van der Waals surface area contributed by atoms with Crippen LogP contribution in [0.2, 0.25) is 0 Å². The molecule has 0 aromatic heterocycles. The maximum Gasteiger partial charge on any atom is 0.224 e. The van der Waals surface area contributed by atoms with Crippen LogP contribution in [0.15, 0.2) is 30.8 Å². The Kier molecular flexibility index (Phi) is 4.53. The summed E-state index contributed by atoms with van der Waals surface area (Å²) < 4.78 is 5.28. The molecule has 3 nitrogen and oxygen atoms in total. The smallest absolute Gasteiger partial charge is 0.224 e. The fourth-order valence-electron chi connectivity index (χ4n) is 2.13. The second kappa shape index (κ2) is 6.36. The molecule has 1 N–H and O–H groups in total. The first kappa shape index (κ1) is 12.8. The zero-order valence-electron chi connectivity index (χ0n) is 10.5. The molecule has 0 radical (unpaired) electrons. The molecule has 1 aromatic carbocycles. The molecular formula is C15H19NO2. The fourth-order valence-corrected chi connectivity index (χ4v) is 2.13. The highest BCUT2D eigenvalue weighted by molar-refractivity contribution is 5.79. The normalized spacial score (nSPS) is 18.6. The molecule has 1 aliphatic heterocycles. The molecule has 96 valence electrons. The van der Waals surface area contributed by atoms with Gasteiger partial charge in [0.1, 0.15) is 0 Å². The van der Waals surface area contributed by atoms with Crippen LogP contribution < -0.4 is 5.32 Å². The topological polar surface area (TPSA) is 38.3 Å². The van der Waals surface area contributed by atoms with Gasteiger partial charge in [0, 0.05) is 19.1 Å². The molecule has 1 unspecified atom stereocenters. The summed E-state index contributed by atoms with van der Waals surface area (Å²) in [6.07, 6.45) is 3.24. The third kappa shape index (κ3) is 3.44. The van der Waals surface area contributed by atoms with Crippen LogP contribution in [0.4, 0.5) is 0 Å². The number of hydrogen-bond acceptors (Lipinski definition) is 2. The number of rotatable bonds is 5. The predicted octanol–water partition coefficient (Wildman–Crippen LogP) is 2.02. The van der Waals surface area contributed by atoms with Crippen LogP contribution in [0.3, 0.4) is 0 Å². The molecule has 3 heteroatoms. The van der Waals surface area contributed by atoms with Gasteiger partial charge in [-0.05, 0) is 17.5 Å². The summed E-state index contributed by atoms with van der Waals surface area (Å²) in [7, 11) is 0. The Balaban J connectivity index is 1.84. The van der Waals surface area contributed by atoms with E-state index in [0.717, 1.165) is 37.3 Å². The first-order chi connectivity index (χ1) is 8.79. The number of ether oxygens (including phenoxy) is 1. The molecule has 2 rings (SSSR count). The van der Waals surface area contributed by atoms with Crippen LogP contribution in [-0.2, 0) is 16.0 Å². The Labute approximate surface area is 108 Å². The van der Waals surface area contributed by atoms with E-state index >= 15 is 0 Å². The van der Waals surface area contributed by atoms with Gasteiger partial charge >= 0.3 is 0 Å². The van der Waals surface area contributed by atoms with E-state index in [1.165, 1.54) is 0 Å². The zero-order chi connectivity index (χ0) is 12.8.